The van der Waals surface area contributed by atoms with Crippen molar-refractivity contribution >= 4 is 50.3 Å². The van der Waals surface area contributed by atoms with Crippen molar-refractivity contribution in [3.05, 3.63) is 44.3 Å². The number of thiazole rings is 1. The molecule has 2 rings (SSSR count). The molecule has 106 valence electrons. The standard InChI is InChI=1S/C11H7Cl2NO4S2/c12-7-1-2-8(10(13)9(7)11(15)16)20(17,18)4-6-3-14-5-19-6/h1-3,5H,4H2,(H,15,16). The van der Waals surface area contributed by atoms with Gasteiger partial charge in [-0.05, 0) is 12.1 Å². The molecule has 5 nitrogen and oxygen atoms in total. The zero-order valence-electron chi connectivity index (χ0n) is 9.71. The Bertz CT molecular complexity index is 757. The Balaban J connectivity index is 2.53. The van der Waals surface area contributed by atoms with Crippen LogP contribution in [0.3, 0.4) is 0 Å². The van der Waals surface area contributed by atoms with E-state index in [1.165, 1.54) is 35.2 Å². The van der Waals surface area contributed by atoms with Crippen LogP contribution in [0.5, 0.6) is 0 Å². The number of hydrogen-bond acceptors (Lipinski definition) is 5. The molecule has 1 N–H and O–H groups in total. The fraction of sp³-hybridized carbons (Fsp3) is 0.0909. The number of aromatic carboxylic acids is 1. The van der Waals surface area contributed by atoms with Gasteiger partial charge in [0.05, 0.1) is 31.8 Å². The van der Waals surface area contributed by atoms with Gasteiger partial charge in [0.15, 0.2) is 9.84 Å². The second-order valence-corrected chi connectivity index (χ2v) is 7.48. The summed E-state index contributed by atoms with van der Waals surface area (Å²) >= 11 is 12.8. The number of carboxylic acid groups (broad SMARTS) is 1. The van der Waals surface area contributed by atoms with Crippen molar-refractivity contribution in [2.45, 2.75) is 10.6 Å². The van der Waals surface area contributed by atoms with Crippen LogP contribution in [-0.4, -0.2) is 24.5 Å². The van der Waals surface area contributed by atoms with Gasteiger partial charge in [0, 0.05) is 11.1 Å². The Labute approximate surface area is 128 Å². The topological polar surface area (TPSA) is 84.3 Å². The second kappa shape index (κ2) is 5.69. The van der Waals surface area contributed by atoms with E-state index in [1.54, 1.807) is 0 Å². The fourth-order valence-corrected chi connectivity index (χ4v) is 4.80. The molecule has 0 amide bonds. The molecule has 20 heavy (non-hydrogen) atoms. The Morgan fingerprint density at radius 1 is 1.35 bits per heavy atom. The highest BCUT2D eigenvalue weighted by molar-refractivity contribution is 7.91. The molecule has 0 fully saturated rings. The predicted molar refractivity (Wildman–Crippen MR) is 76.4 cm³/mol. The minimum Gasteiger partial charge on any atom is -0.478 e. The molecule has 0 aliphatic heterocycles. The SMILES string of the molecule is O=C(O)c1c(Cl)ccc(S(=O)(=O)Cc2cncs2)c1Cl. The summed E-state index contributed by atoms with van der Waals surface area (Å²) in [5.41, 5.74) is 1.09. The van der Waals surface area contributed by atoms with Gasteiger partial charge in [0.1, 0.15) is 0 Å². The van der Waals surface area contributed by atoms with E-state index in [4.69, 9.17) is 28.3 Å². The normalized spacial score (nSPS) is 11.5. The second-order valence-electron chi connectivity index (χ2n) is 3.77. The lowest BCUT2D eigenvalue weighted by Crippen LogP contribution is -2.08. The summed E-state index contributed by atoms with van der Waals surface area (Å²) in [6.07, 6.45) is 1.43. The van der Waals surface area contributed by atoms with E-state index in [2.05, 4.69) is 4.98 Å². The largest absolute Gasteiger partial charge is 0.478 e. The molecular weight excluding hydrogens is 345 g/mol. The molecule has 1 heterocycles. The number of hydrogen-bond donors (Lipinski definition) is 1. The lowest BCUT2D eigenvalue weighted by molar-refractivity contribution is 0.0697. The maximum atomic E-state index is 12.3. The van der Waals surface area contributed by atoms with Gasteiger partial charge in [0.25, 0.3) is 0 Å². The van der Waals surface area contributed by atoms with Gasteiger partial charge in [-0.2, -0.15) is 0 Å². The van der Waals surface area contributed by atoms with Crippen LogP contribution in [0.2, 0.25) is 10.0 Å². The molecular formula is C11H7Cl2NO4S2. The van der Waals surface area contributed by atoms with Crippen LogP contribution in [0.15, 0.2) is 28.7 Å². The average molecular weight is 352 g/mol. The van der Waals surface area contributed by atoms with Gasteiger partial charge >= 0.3 is 5.97 Å². The van der Waals surface area contributed by atoms with Crippen LogP contribution in [-0.2, 0) is 15.6 Å². The number of benzene rings is 1. The summed E-state index contributed by atoms with van der Waals surface area (Å²) < 4.78 is 24.5. The summed E-state index contributed by atoms with van der Waals surface area (Å²) in [6, 6.07) is 2.41. The molecule has 2 aromatic rings. The van der Waals surface area contributed by atoms with Crippen LogP contribution in [0, 0.1) is 0 Å². The summed E-state index contributed by atoms with van der Waals surface area (Å²) in [7, 11) is -3.77. The van der Waals surface area contributed by atoms with E-state index >= 15 is 0 Å². The molecule has 0 spiro atoms. The lowest BCUT2D eigenvalue weighted by Gasteiger charge is -2.09. The first kappa shape index (κ1) is 15.2. The zero-order chi connectivity index (χ0) is 14.9. The van der Waals surface area contributed by atoms with Crippen LogP contribution in [0.1, 0.15) is 15.2 Å². The Morgan fingerprint density at radius 2 is 2.05 bits per heavy atom. The van der Waals surface area contributed by atoms with Gasteiger partial charge in [-0.3, -0.25) is 4.98 Å². The first-order valence-corrected chi connectivity index (χ1v) is 8.43. The molecule has 9 heteroatoms. The smallest absolute Gasteiger partial charge is 0.338 e. The number of sulfone groups is 1. The third kappa shape index (κ3) is 2.95. The van der Waals surface area contributed by atoms with Gasteiger partial charge in [-0.1, -0.05) is 23.2 Å². The number of rotatable bonds is 4. The quantitative estimate of drug-likeness (QED) is 0.914. The fourth-order valence-electron chi connectivity index (χ4n) is 1.55. The van der Waals surface area contributed by atoms with Crippen LogP contribution >= 0.6 is 34.5 Å². The molecule has 0 saturated heterocycles. The summed E-state index contributed by atoms with van der Waals surface area (Å²) in [5.74, 6) is -1.67. The molecule has 0 saturated carbocycles. The molecule has 0 aliphatic rings. The summed E-state index contributed by atoms with van der Waals surface area (Å²) in [4.78, 5) is 15.1. The van der Waals surface area contributed by atoms with E-state index in [0.717, 1.165) is 0 Å². The van der Waals surface area contributed by atoms with Crippen molar-refractivity contribution in [1.82, 2.24) is 4.98 Å². The minimum atomic E-state index is -3.77. The Morgan fingerprint density at radius 3 is 2.60 bits per heavy atom. The first-order valence-electron chi connectivity index (χ1n) is 5.14. The predicted octanol–water partition coefficient (Wildman–Crippen LogP) is 3.12. The number of carbonyl (C=O) groups is 1. The third-order valence-corrected chi connectivity index (χ3v) is 5.90. The van der Waals surface area contributed by atoms with Crippen molar-refractivity contribution in [2.75, 3.05) is 0 Å². The van der Waals surface area contributed by atoms with Crippen molar-refractivity contribution in [3.63, 3.8) is 0 Å². The maximum Gasteiger partial charge on any atom is 0.338 e. The zero-order valence-corrected chi connectivity index (χ0v) is 12.9. The van der Waals surface area contributed by atoms with Gasteiger partial charge in [-0.25, -0.2) is 13.2 Å². The van der Waals surface area contributed by atoms with E-state index < -0.39 is 21.4 Å². The van der Waals surface area contributed by atoms with Crippen LogP contribution in [0.25, 0.3) is 0 Å². The summed E-state index contributed by atoms with van der Waals surface area (Å²) in [6.45, 7) is 0. The Kier molecular flexibility index (Phi) is 4.33. The summed E-state index contributed by atoms with van der Waals surface area (Å²) in [5, 5.41) is 8.53. The van der Waals surface area contributed by atoms with E-state index in [-0.39, 0.29) is 20.7 Å². The molecule has 0 radical (unpaired) electrons. The number of halogens is 2. The lowest BCUT2D eigenvalue weighted by atomic mass is 10.2. The molecule has 1 aromatic carbocycles. The van der Waals surface area contributed by atoms with Gasteiger partial charge in [0.2, 0.25) is 0 Å². The Hall–Kier alpha value is -1.15. The van der Waals surface area contributed by atoms with E-state index in [0.29, 0.717) is 4.88 Å². The molecule has 0 unspecified atom stereocenters. The van der Waals surface area contributed by atoms with Crippen LogP contribution in [0.4, 0.5) is 0 Å². The van der Waals surface area contributed by atoms with Crippen molar-refractivity contribution in [2.24, 2.45) is 0 Å². The van der Waals surface area contributed by atoms with E-state index in [1.807, 2.05) is 0 Å². The highest BCUT2D eigenvalue weighted by Gasteiger charge is 2.25. The first-order chi connectivity index (χ1) is 9.33. The van der Waals surface area contributed by atoms with Gasteiger partial charge < -0.3 is 5.11 Å². The highest BCUT2D eigenvalue weighted by Crippen LogP contribution is 2.33. The molecule has 0 bridgehead atoms. The monoisotopic (exact) mass is 351 g/mol. The molecule has 1 aromatic heterocycles. The maximum absolute atomic E-state index is 12.3. The van der Waals surface area contributed by atoms with E-state index in [9.17, 15) is 13.2 Å². The molecule has 0 atom stereocenters. The van der Waals surface area contributed by atoms with Crippen molar-refractivity contribution in [3.8, 4) is 0 Å². The van der Waals surface area contributed by atoms with Crippen LogP contribution < -0.4 is 0 Å². The average Bonchev–Trinajstić information content (AvgIpc) is 2.79. The highest BCUT2D eigenvalue weighted by atomic mass is 35.5. The minimum absolute atomic E-state index is 0.112. The molecule has 0 aliphatic carbocycles. The number of carboxylic acids is 1. The van der Waals surface area contributed by atoms with Crippen molar-refractivity contribution in [1.29, 1.82) is 0 Å². The van der Waals surface area contributed by atoms with Crippen molar-refractivity contribution < 1.29 is 18.3 Å². The van der Waals surface area contributed by atoms with Gasteiger partial charge in [-0.15, -0.1) is 11.3 Å². The number of nitrogens with zero attached hydrogens (tertiary/aromatic N) is 1. The third-order valence-electron chi connectivity index (χ3n) is 2.42. The number of aromatic nitrogens is 1.